The van der Waals surface area contributed by atoms with E-state index in [4.69, 9.17) is 9.52 Å². The molecule has 1 aromatic heterocycles. The normalized spacial score (nSPS) is 16.1. The third-order valence-electron chi connectivity index (χ3n) is 4.82. The second-order valence-electron chi connectivity index (χ2n) is 6.83. The molecule has 2 heterocycles. The number of aliphatic hydroxyl groups is 1. The fourth-order valence-electron chi connectivity index (χ4n) is 3.36. The van der Waals surface area contributed by atoms with E-state index in [1.807, 2.05) is 26.0 Å². The molecular formula is C20H26N2O3. The molecule has 0 atom stereocenters. The fraction of sp³-hybridized carbons (Fsp3) is 0.450. The Morgan fingerprint density at radius 2 is 1.84 bits per heavy atom. The first kappa shape index (κ1) is 17.7. The summed E-state index contributed by atoms with van der Waals surface area (Å²) in [6.45, 7) is 6.61. The molecule has 3 rings (SSSR count). The molecule has 0 spiro atoms. The van der Waals surface area contributed by atoms with Crippen molar-refractivity contribution in [2.24, 2.45) is 0 Å². The minimum Gasteiger partial charge on any atom is -0.466 e. The standard InChI is InChI=1S/C20H26N2O3/c1-14-11-19(15(2)25-14)20(24)21-18-7-9-22(10-8-18)12-16-3-5-17(13-23)6-4-16/h3-6,11,18,23H,7-10,12-13H2,1-2H3,(H,21,24). The van der Waals surface area contributed by atoms with Crippen LogP contribution in [0.25, 0.3) is 0 Å². The van der Waals surface area contributed by atoms with Crippen molar-refractivity contribution in [1.29, 1.82) is 0 Å². The maximum absolute atomic E-state index is 12.4. The molecule has 0 saturated carbocycles. The number of furan rings is 1. The quantitative estimate of drug-likeness (QED) is 0.877. The Balaban J connectivity index is 1.48. The minimum atomic E-state index is -0.0348. The Hall–Kier alpha value is -2.11. The average molecular weight is 342 g/mol. The predicted octanol–water partition coefficient (Wildman–Crippen LogP) is 2.78. The number of rotatable bonds is 5. The van der Waals surface area contributed by atoms with Gasteiger partial charge < -0.3 is 14.8 Å². The first-order valence-electron chi connectivity index (χ1n) is 8.84. The molecule has 0 unspecified atom stereocenters. The zero-order valence-electron chi connectivity index (χ0n) is 14.9. The van der Waals surface area contributed by atoms with Gasteiger partial charge in [-0.1, -0.05) is 24.3 Å². The van der Waals surface area contributed by atoms with Gasteiger partial charge >= 0.3 is 0 Å². The number of hydrogen-bond donors (Lipinski definition) is 2. The summed E-state index contributed by atoms with van der Waals surface area (Å²) in [5.41, 5.74) is 2.84. The van der Waals surface area contributed by atoms with E-state index in [0.29, 0.717) is 11.3 Å². The van der Waals surface area contributed by atoms with Crippen LogP contribution in [0, 0.1) is 13.8 Å². The van der Waals surface area contributed by atoms with Gasteiger partial charge in [0.15, 0.2) is 0 Å². The maximum atomic E-state index is 12.4. The molecule has 0 aliphatic carbocycles. The van der Waals surface area contributed by atoms with E-state index in [1.165, 1.54) is 5.56 Å². The van der Waals surface area contributed by atoms with Gasteiger partial charge in [-0.15, -0.1) is 0 Å². The maximum Gasteiger partial charge on any atom is 0.255 e. The van der Waals surface area contributed by atoms with Gasteiger partial charge in [-0.2, -0.15) is 0 Å². The van der Waals surface area contributed by atoms with Crippen LogP contribution in [-0.2, 0) is 13.2 Å². The van der Waals surface area contributed by atoms with Crippen LogP contribution in [0.5, 0.6) is 0 Å². The van der Waals surface area contributed by atoms with E-state index in [0.717, 1.165) is 43.8 Å². The molecule has 2 N–H and O–H groups in total. The molecule has 5 heteroatoms. The van der Waals surface area contributed by atoms with Crippen LogP contribution in [0.1, 0.15) is 45.8 Å². The molecule has 0 radical (unpaired) electrons. The van der Waals surface area contributed by atoms with Crippen molar-refractivity contribution >= 4 is 5.91 Å². The van der Waals surface area contributed by atoms with Crippen LogP contribution in [-0.4, -0.2) is 35.0 Å². The molecule has 1 amide bonds. The summed E-state index contributed by atoms with van der Waals surface area (Å²) in [6, 6.07) is 10.1. The molecule has 2 aromatic rings. The zero-order valence-corrected chi connectivity index (χ0v) is 14.9. The lowest BCUT2D eigenvalue weighted by Gasteiger charge is -2.32. The third kappa shape index (κ3) is 4.50. The lowest BCUT2D eigenvalue weighted by Crippen LogP contribution is -2.44. The van der Waals surface area contributed by atoms with E-state index in [9.17, 15) is 4.79 Å². The van der Waals surface area contributed by atoms with Crippen molar-refractivity contribution in [2.75, 3.05) is 13.1 Å². The van der Waals surface area contributed by atoms with Crippen molar-refractivity contribution in [3.63, 3.8) is 0 Å². The number of likely N-dealkylation sites (tertiary alicyclic amines) is 1. The number of amides is 1. The van der Waals surface area contributed by atoms with Gasteiger partial charge in [0, 0.05) is 25.7 Å². The Kier molecular flexibility index (Phi) is 5.56. The number of benzene rings is 1. The second kappa shape index (κ2) is 7.85. The summed E-state index contributed by atoms with van der Waals surface area (Å²) in [6.07, 6.45) is 1.91. The van der Waals surface area contributed by atoms with E-state index in [2.05, 4.69) is 22.3 Å². The highest BCUT2D eigenvalue weighted by Gasteiger charge is 2.22. The van der Waals surface area contributed by atoms with Gasteiger partial charge in [0.1, 0.15) is 11.5 Å². The SMILES string of the molecule is Cc1cc(C(=O)NC2CCN(Cc3ccc(CO)cc3)CC2)c(C)o1. The van der Waals surface area contributed by atoms with Gasteiger partial charge in [-0.3, -0.25) is 9.69 Å². The molecular weight excluding hydrogens is 316 g/mol. The first-order valence-corrected chi connectivity index (χ1v) is 8.84. The highest BCUT2D eigenvalue weighted by atomic mass is 16.3. The van der Waals surface area contributed by atoms with Crippen LogP contribution in [0.2, 0.25) is 0 Å². The van der Waals surface area contributed by atoms with Crippen molar-refractivity contribution in [3.05, 3.63) is 58.5 Å². The van der Waals surface area contributed by atoms with Gasteiger partial charge in [0.05, 0.1) is 12.2 Å². The van der Waals surface area contributed by atoms with Gasteiger partial charge in [-0.05, 0) is 43.9 Å². The number of hydrogen-bond acceptors (Lipinski definition) is 4. The fourth-order valence-corrected chi connectivity index (χ4v) is 3.36. The molecule has 5 nitrogen and oxygen atoms in total. The molecule has 1 aliphatic rings. The number of piperidine rings is 1. The molecule has 1 aliphatic heterocycles. The highest BCUT2D eigenvalue weighted by Crippen LogP contribution is 2.17. The lowest BCUT2D eigenvalue weighted by molar-refractivity contribution is 0.0907. The summed E-state index contributed by atoms with van der Waals surface area (Å²) in [7, 11) is 0. The molecule has 1 fully saturated rings. The highest BCUT2D eigenvalue weighted by molar-refractivity contribution is 5.95. The van der Waals surface area contributed by atoms with Crippen LogP contribution >= 0.6 is 0 Å². The van der Waals surface area contributed by atoms with E-state index >= 15 is 0 Å². The zero-order chi connectivity index (χ0) is 17.8. The van der Waals surface area contributed by atoms with E-state index < -0.39 is 0 Å². The predicted molar refractivity (Wildman–Crippen MR) is 96.3 cm³/mol. The molecule has 1 saturated heterocycles. The summed E-state index contributed by atoms with van der Waals surface area (Å²) in [4.78, 5) is 14.8. The van der Waals surface area contributed by atoms with Crippen molar-refractivity contribution in [1.82, 2.24) is 10.2 Å². The largest absolute Gasteiger partial charge is 0.466 e. The molecule has 134 valence electrons. The van der Waals surface area contributed by atoms with Crippen molar-refractivity contribution in [3.8, 4) is 0 Å². The Morgan fingerprint density at radius 1 is 1.20 bits per heavy atom. The number of carbonyl (C=O) groups excluding carboxylic acids is 1. The van der Waals surface area contributed by atoms with E-state index in [-0.39, 0.29) is 18.6 Å². The Bertz CT molecular complexity index is 713. The number of carbonyl (C=O) groups is 1. The second-order valence-corrected chi connectivity index (χ2v) is 6.83. The smallest absolute Gasteiger partial charge is 0.255 e. The minimum absolute atomic E-state index is 0.0348. The topological polar surface area (TPSA) is 65.7 Å². The summed E-state index contributed by atoms with van der Waals surface area (Å²) in [5.74, 6) is 1.41. The number of aliphatic hydroxyl groups excluding tert-OH is 1. The number of nitrogens with zero attached hydrogens (tertiary/aromatic N) is 1. The monoisotopic (exact) mass is 342 g/mol. The summed E-state index contributed by atoms with van der Waals surface area (Å²) < 4.78 is 5.44. The van der Waals surface area contributed by atoms with Crippen LogP contribution in [0.15, 0.2) is 34.7 Å². The van der Waals surface area contributed by atoms with Crippen LogP contribution in [0.3, 0.4) is 0 Å². The van der Waals surface area contributed by atoms with Gasteiger partial charge in [0.2, 0.25) is 0 Å². The van der Waals surface area contributed by atoms with Crippen molar-refractivity contribution in [2.45, 2.75) is 45.9 Å². The van der Waals surface area contributed by atoms with Crippen LogP contribution in [0.4, 0.5) is 0 Å². The number of aryl methyl sites for hydroxylation is 2. The van der Waals surface area contributed by atoms with Gasteiger partial charge in [-0.25, -0.2) is 0 Å². The van der Waals surface area contributed by atoms with Crippen LogP contribution < -0.4 is 5.32 Å². The summed E-state index contributed by atoms with van der Waals surface area (Å²) >= 11 is 0. The molecule has 1 aromatic carbocycles. The molecule has 0 bridgehead atoms. The van der Waals surface area contributed by atoms with E-state index in [1.54, 1.807) is 6.07 Å². The number of nitrogens with one attached hydrogen (secondary N) is 1. The lowest BCUT2D eigenvalue weighted by atomic mass is 10.0. The Labute approximate surface area is 148 Å². The molecule has 25 heavy (non-hydrogen) atoms. The first-order chi connectivity index (χ1) is 12.0. The summed E-state index contributed by atoms with van der Waals surface area (Å²) in [5, 5.41) is 12.2. The van der Waals surface area contributed by atoms with Gasteiger partial charge in [0.25, 0.3) is 5.91 Å². The third-order valence-corrected chi connectivity index (χ3v) is 4.82. The average Bonchev–Trinajstić information content (AvgIpc) is 2.96. The Morgan fingerprint density at radius 3 is 2.40 bits per heavy atom. The van der Waals surface area contributed by atoms with Crippen molar-refractivity contribution < 1.29 is 14.3 Å².